The second-order valence-corrected chi connectivity index (χ2v) is 4.68. The lowest BCUT2D eigenvalue weighted by Gasteiger charge is -2.23. The van der Waals surface area contributed by atoms with Crippen molar-refractivity contribution in [3.8, 4) is 0 Å². The van der Waals surface area contributed by atoms with E-state index in [0.717, 1.165) is 0 Å². The molecule has 0 aliphatic heterocycles. The molecule has 0 bridgehead atoms. The van der Waals surface area contributed by atoms with E-state index in [1.54, 1.807) is 0 Å². The zero-order chi connectivity index (χ0) is 9.84. The third kappa shape index (κ3) is 2.82. The number of rotatable bonds is 3. The molecule has 0 aromatic heterocycles. The Labute approximate surface area is 88.5 Å². The molecular formula is C11H16BrN. The molecule has 0 saturated carbocycles. The number of nitrogens with two attached hydrogens (primary N) is 1. The fraction of sp³-hybridized carbons (Fsp3) is 0.455. The van der Waals surface area contributed by atoms with Crippen molar-refractivity contribution in [1.82, 2.24) is 0 Å². The van der Waals surface area contributed by atoms with Gasteiger partial charge < -0.3 is 5.73 Å². The van der Waals surface area contributed by atoms with Crippen molar-refractivity contribution in [3.05, 3.63) is 35.9 Å². The third-order valence-corrected chi connectivity index (χ3v) is 2.82. The monoisotopic (exact) mass is 241 g/mol. The SMILES string of the molecule is CC(C)C(c1ccccc1)C(N)Br. The Morgan fingerprint density at radius 2 is 1.69 bits per heavy atom. The summed E-state index contributed by atoms with van der Waals surface area (Å²) < 4.78 is 0. The van der Waals surface area contributed by atoms with Crippen molar-refractivity contribution >= 4 is 15.9 Å². The maximum Gasteiger partial charge on any atom is 0.0677 e. The molecular weight excluding hydrogens is 226 g/mol. The van der Waals surface area contributed by atoms with E-state index in [1.807, 2.05) is 6.07 Å². The minimum absolute atomic E-state index is 0.0369. The maximum atomic E-state index is 5.89. The number of hydrogen-bond donors (Lipinski definition) is 1. The van der Waals surface area contributed by atoms with Gasteiger partial charge in [0.15, 0.2) is 0 Å². The maximum absolute atomic E-state index is 5.89. The molecule has 0 saturated heterocycles. The molecule has 0 fully saturated rings. The van der Waals surface area contributed by atoms with Gasteiger partial charge in [-0.3, -0.25) is 0 Å². The van der Waals surface area contributed by atoms with Gasteiger partial charge in [0.1, 0.15) is 0 Å². The molecule has 0 aliphatic rings. The Bertz CT molecular complexity index is 236. The van der Waals surface area contributed by atoms with Crippen LogP contribution in [0.25, 0.3) is 0 Å². The van der Waals surface area contributed by atoms with Crippen molar-refractivity contribution < 1.29 is 0 Å². The number of benzene rings is 1. The average molecular weight is 242 g/mol. The van der Waals surface area contributed by atoms with Gasteiger partial charge in [-0.15, -0.1) is 0 Å². The largest absolute Gasteiger partial charge is 0.318 e. The summed E-state index contributed by atoms with van der Waals surface area (Å²) in [5.41, 5.74) is 7.19. The highest BCUT2D eigenvalue weighted by molar-refractivity contribution is 9.09. The lowest BCUT2D eigenvalue weighted by atomic mass is 9.89. The van der Waals surface area contributed by atoms with Crippen LogP contribution in [0.4, 0.5) is 0 Å². The predicted octanol–water partition coefficient (Wildman–Crippen LogP) is 3.11. The molecule has 0 heterocycles. The summed E-state index contributed by atoms with van der Waals surface area (Å²) in [5, 5.41) is 0. The van der Waals surface area contributed by atoms with Gasteiger partial charge in [0.2, 0.25) is 0 Å². The molecule has 0 amide bonds. The first-order chi connectivity index (χ1) is 6.13. The first-order valence-corrected chi connectivity index (χ1v) is 5.49. The van der Waals surface area contributed by atoms with Crippen LogP contribution in [0.3, 0.4) is 0 Å². The summed E-state index contributed by atoms with van der Waals surface area (Å²) >= 11 is 3.46. The van der Waals surface area contributed by atoms with Gasteiger partial charge in [-0.05, 0) is 11.5 Å². The van der Waals surface area contributed by atoms with Crippen LogP contribution in [0.1, 0.15) is 25.3 Å². The van der Waals surface area contributed by atoms with Gasteiger partial charge in [-0.1, -0.05) is 60.1 Å². The topological polar surface area (TPSA) is 26.0 Å². The zero-order valence-corrected chi connectivity index (χ0v) is 9.66. The number of halogens is 1. The molecule has 2 N–H and O–H groups in total. The van der Waals surface area contributed by atoms with Crippen LogP contribution in [0.2, 0.25) is 0 Å². The quantitative estimate of drug-likeness (QED) is 0.639. The van der Waals surface area contributed by atoms with Crippen LogP contribution in [0.5, 0.6) is 0 Å². The van der Waals surface area contributed by atoms with E-state index in [-0.39, 0.29) is 4.95 Å². The Morgan fingerprint density at radius 3 is 2.08 bits per heavy atom. The summed E-state index contributed by atoms with van der Waals surface area (Å²) in [6, 6.07) is 10.4. The molecule has 1 aromatic carbocycles. The van der Waals surface area contributed by atoms with Crippen molar-refractivity contribution in [1.29, 1.82) is 0 Å². The average Bonchev–Trinajstić information content (AvgIpc) is 2.04. The third-order valence-electron chi connectivity index (χ3n) is 2.25. The highest BCUT2D eigenvalue weighted by Crippen LogP contribution is 2.29. The van der Waals surface area contributed by atoms with E-state index in [2.05, 4.69) is 54.0 Å². The molecule has 2 heteroatoms. The van der Waals surface area contributed by atoms with Crippen LogP contribution >= 0.6 is 15.9 Å². The lowest BCUT2D eigenvalue weighted by Crippen LogP contribution is -2.25. The minimum atomic E-state index is 0.0369. The summed E-state index contributed by atoms with van der Waals surface area (Å²) in [5.74, 6) is 0.943. The lowest BCUT2D eigenvalue weighted by molar-refractivity contribution is 0.490. The number of alkyl halides is 1. The van der Waals surface area contributed by atoms with Gasteiger partial charge in [0.05, 0.1) is 4.95 Å². The Hall–Kier alpha value is -0.340. The standard InChI is InChI=1S/C11H16BrN/c1-8(2)10(11(12)13)9-6-4-3-5-7-9/h3-8,10-11H,13H2,1-2H3. The van der Waals surface area contributed by atoms with Crippen molar-refractivity contribution in [3.63, 3.8) is 0 Å². The van der Waals surface area contributed by atoms with E-state index in [4.69, 9.17) is 5.73 Å². The molecule has 0 aliphatic carbocycles. The van der Waals surface area contributed by atoms with Crippen LogP contribution in [-0.2, 0) is 0 Å². The fourth-order valence-corrected chi connectivity index (χ4v) is 2.53. The molecule has 2 atom stereocenters. The van der Waals surface area contributed by atoms with Crippen LogP contribution in [0, 0.1) is 5.92 Å². The van der Waals surface area contributed by atoms with E-state index < -0.39 is 0 Å². The van der Waals surface area contributed by atoms with Gasteiger partial charge >= 0.3 is 0 Å². The predicted molar refractivity (Wildman–Crippen MR) is 60.9 cm³/mol. The smallest absolute Gasteiger partial charge is 0.0677 e. The molecule has 1 nitrogen and oxygen atoms in total. The van der Waals surface area contributed by atoms with E-state index in [0.29, 0.717) is 11.8 Å². The van der Waals surface area contributed by atoms with E-state index >= 15 is 0 Å². The Balaban J connectivity index is 2.89. The summed E-state index contributed by atoms with van der Waals surface area (Å²) in [7, 11) is 0. The molecule has 1 aromatic rings. The summed E-state index contributed by atoms with van der Waals surface area (Å²) in [6.07, 6.45) is 0. The second-order valence-electron chi connectivity index (χ2n) is 3.62. The van der Waals surface area contributed by atoms with Crippen LogP contribution in [-0.4, -0.2) is 4.95 Å². The molecule has 1 rings (SSSR count). The molecule has 13 heavy (non-hydrogen) atoms. The highest BCUT2D eigenvalue weighted by atomic mass is 79.9. The first kappa shape index (κ1) is 10.7. The van der Waals surface area contributed by atoms with Crippen molar-refractivity contribution in [2.24, 2.45) is 11.7 Å². The van der Waals surface area contributed by atoms with Gasteiger partial charge in [0.25, 0.3) is 0 Å². The van der Waals surface area contributed by atoms with Crippen molar-refractivity contribution in [2.75, 3.05) is 0 Å². The normalized spacial score (nSPS) is 15.8. The molecule has 72 valence electrons. The van der Waals surface area contributed by atoms with E-state index in [1.165, 1.54) is 5.56 Å². The van der Waals surface area contributed by atoms with Crippen LogP contribution < -0.4 is 5.73 Å². The second kappa shape index (κ2) is 4.77. The highest BCUT2D eigenvalue weighted by Gasteiger charge is 2.20. The summed E-state index contributed by atoms with van der Waals surface area (Å²) in [6.45, 7) is 4.39. The Kier molecular flexibility index (Phi) is 3.94. The fourth-order valence-electron chi connectivity index (χ4n) is 1.61. The molecule has 2 unspecified atom stereocenters. The minimum Gasteiger partial charge on any atom is -0.318 e. The molecule has 0 radical (unpaired) electrons. The summed E-state index contributed by atoms with van der Waals surface area (Å²) in [4.78, 5) is 0.0369. The molecule has 0 spiro atoms. The zero-order valence-electron chi connectivity index (χ0n) is 8.07. The van der Waals surface area contributed by atoms with Gasteiger partial charge in [-0.25, -0.2) is 0 Å². The van der Waals surface area contributed by atoms with Gasteiger partial charge in [-0.2, -0.15) is 0 Å². The van der Waals surface area contributed by atoms with Crippen LogP contribution in [0.15, 0.2) is 30.3 Å². The number of hydrogen-bond acceptors (Lipinski definition) is 1. The van der Waals surface area contributed by atoms with Crippen molar-refractivity contribution in [2.45, 2.75) is 24.7 Å². The van der Waals surface area contributed by atoms with E-state index in [9.17, 15) is 0 Å². The first-order valence-electron chi connectivity index (χ1n) is 4.57. The van der Waals surface area contributed by atoms with Gasteiger partial charge in [0, 0.05) is 5.92 Å². The Morgan fingerprint density at radius 1 is 1.15 bits per heavy atom.